The minimum absolute atomic E-state index is 0.0563. The van der Waals surface area contributed by atoms with E-state index in [0.717, 1.165) is 56.5 Å². The topological polar surface area (TPSA) is 64.1 Å². The zero-order chi connectivity index (χ0) is 29.2. The van der Waals surface area contributed by atoms with Crippen molar-refractivity contribution in [2.45, 2.75) is 106 Å². The Morgan fingerprint density at radius 1 is 0.825 bits per heavy atom. The number of alkyl halides is 5. The van der Waals surface area contributed by atoms with Gasteiger partial charge in [-0.1, -0.05) is 12.8 Å². The first-order chi connectivity index (χ1) is 18.8. The molecule has 1 N–H and O–H groups in total. The van der Waals surface area contributed by atoms with Crippen LogP contribution in [0.1, 0.15) is 77.0 Å². The van der Waals surface area contributed by atoms with Gasteiger partial charge in [0.15, 0.2) is 0 Å². The fourth-order valence-electron chi connectivity index (χ4n) is 7.84. The summed E-state index contributed by atoms with van der Waals surface area (Å²) in [6.07, 6.45) is 0.296. The maximum Gasteiger partial charge on any atom is 0.426 e. The number of amides is 2. The lowest BCUT2D eigenvalue weighted by molar-refractivity contribution is -0.281. The minimum atomic E-state index is -5.22. The van der Waals surface area contributed by atoms with Gasteiger partial charge in [-0.3, -0.25) is 9.59 Å². The largest absolute Gasteiger partial charge is 0.426 e. The number of carbonyl (C=O) groups excluding carboxylic acids is 2. The van der Waals surface area contributed by atoms with Crippen LogP contribution in [0.4, 0.5) is 17.6 Å². The van der Waals surface area contributed by atoms with E-state index in [1.54, 1.807) is 19.0 Å². The van der Waals surface area contributed by atoms with Crippen LogP contribution >= 0.6 is 11.6 Å². The Morgan fingerprint density at radius 2 is 1.38 bits per heavy atom. The summed E-state index contributed by atoms with van der Waals surface area (Å²) in [7, 11) is 3.54. The van der Waals surface area contributed by atoms with Gasteiger partial charge in [0.25, 0.3) is 5.91 Å². The zero-order valence-electron chi connectivity index (χ0n) is 23.9. The molecule has 4 aliphatic rings. The number of halogens is 5. The van der Waals surface area contributed by atoms with Crippen molar-refractivity contribution in [2.24, 2.45) is 23.7 Å². The Morgan fingerprint density at radius 3 is 1.93 bits per heavy atom. The molecule has 2 heterocycles. The molecule has 0 radical (unpaired) electrons. The van der Waals surface area contributed by atoms with Crippen molar-refractivity contribution in [3.63, 3.8) is 0 Å². The number of likely N-dealkylation sites (tertiary alicyclic amines) is 2. The molecule has 4 fully saturated rings. The fraction of sp³-hybridized carbons (Fsp3) is 0.931. The third kappa shape index (κ3) is 6.59. The van der Waals surface area contributed by atoms with Crippen molar-refractivity contribution in [3.05, 3.63) is 0 Å². The van der Waals surface area contributed by atoms with Crippen molar-refractivity contribution in [2.75, 3.05) is 40.3 Å². The average molecular weight is 596 g/mol. The molecule has 0 aromatic rings. The van der Waals surface area contributed by atoms with Gasteiger partial charge in [0, 0.05) is 44.5 Å². The number of rotatable bonds is 5. The number of hydrogen-bond acceptors (Lipinski definition) is 4. The van der Waals surface area contributed by atoms with Gasteiger partial charge in [0.1, 0.15) is 6.17 Å². The second kappa shape index (κ2) is 13.0. The van der Waals surface area contributed by atoms with Gasteiger partial charge in [-0.15, -0.1) is 11.6 Å². The van der Waals surface area contributed by atoms with E-state index in [9.17, 15) is 32.3 Å². The van der Waals surface area contributed by atoms with Crippen LogP contribution in [0.2, 0.25) is 0 Å². The minimum Gasteiger partial charge on any atom is -0.372 e. The van der Waals surface area contributed by atoms with E-state index < -0.39 is 29.8 Å². The number of aliphatic hydroxyl groups is 1. The number of carbonyl (C=O) groups is 2. The van der Waals surface area contributed by atoms with E-state index in [2.05, 4.69) is 4.90 Å². The van der Waals surface area contributed by atoms with Crippen LogP contribution in [-0.2, 0) is 9.59 Å². The monoisotopic (exact) mass is 595 g/mol. The molecule has 11 heteroatoms. The van der Waals surface area contributed by atoms with Crippen LogP contribution in [0.3, 0.4) is 0 Å². The lowest BCUT2D eigenvalue weighted by Gasteiger charge is -2.45. The summed E-state index contributed by atoms with van der Waals surface area (Å²) < 4.78 is 56.8. The molecule has 2 aliphatic heterocycles. The summed E-state index contributed by atoms with van der Waals surface area (Å²) in [5.41, 5.74) is -3.66. The molecule has 4 rings (SSSR count). The van der Waals surface area contributed by atoms with Crippen LogP contribution in [-0.4, -0.2) is 101 Å². The number of nitrogens with zero attached hydrogens (tertiary/aromatic N) is 3. The Bertz CT molecular complexity index is 877. The second-order valence-corrected chi connectivity index (χ2v) is 13.4. The Hall–Kier alpha value is -1.13. The van der Waals surface area contributed by atoms with Crippen molar-refractivity contribution >= 4 is 23.4 Å². The molecule has 2 aliphatic carbocycles. The van der Waals surface area contributed by atoms with Gasteiger partial charge >= 0.3 is 6.18 Å². The van der Waals surface area contributed by atoms with Gasteiger partial charge in [0.05, 0.1) is 5.92 Å². The lowest BCUT2D eigenvalue weighted by Crippen LogP contribution is -2.65. The van der Waals surface area contributed by atoms with E-state index in [-0.39, 0.29) is 43.1 Å². The molecule has 40 heavy (non-hydrogen) atoms. The molecular formula is C29H46ClF4N3O3. The van der Waals surface area contributed by atoms with Gasteiger partial charge in [-0.25, -0.2) is 4.39 Å². The second-order valence-electron chi connectivity index (χ2n) is 12.8. The van der Waals surface area contributed by atoms with Crippen LogP contribution in [0.15, 0.2) is 0 Å². The SMILES string of the molecule is CN(C)C(=O)C1CCC(N2CCC(C3CCN(C(=O)C(O)(C4CCCCC4F)C(F)(F)F)CC3)CC2)CCC1Cl. The molecule has 230 valence electrons. The van der Waals surface area contributed by atoms with E-state index in [4.69, 9.17) is 11.6 Å². The highest BCUT2D eigenvalue weighted by Crippen LogP contribution is 2.46. The third-order valence-electron chi connectivity index (χ3n) is 10.3. The summed E-state index contributed by atoms with van der Waals surface area (Å²) in [4.78, 5) is 30.9. The van der Waals surface area contributed by atoms with Crippen molar-refractivity contribution in [1.29, 1.82) is 0 Å². The molecule has 2 saturated carbocycles. The molecule has 0 aromatic heterocycles. The molecule has 2 saturated heterocycles. The summed E-state index contributed by atoms with van der Waals surface area (Å²) >= 11 is 6.60. The molecular weight excluding hydrogens is 550 g/mol. The highest BCUT2D eigenvalue weighted by Gasteiger charge is 2.66. The first kappa shape index (κ1) is 31.8. The Balaban J connectivity index is 1.28. The molecule has 6 atom stereocenters. The molecule has 0 spiro atoms. The molecule has 0 aromatic carbocycles. The van der Waals surface area contributed by atoms with Crippen molar-refractivity contribution < 1.29 is 32.3 Å². The predicted octanol–water partition coefficient (Wildman–Crippen LogP) is 5.01. The quantitative estimate of drug-likeness (QED) is 0.276. The fourth-order valence-corrected chi connectivity index (χ4v) is 8.20. The first-order valence-electron chi connectivity index (χ1n) is 15.2. The first-order valence-corrected chi connectivity index (χ1v) is 15.6. The summed E-state index contributed by atoms with van der Waals surface area (Å²) in [5, 5.41) is 10.6. The van der Waals surface area contributed by atoms with Gasteiger partial charge in [0.2, 0.25) is 11.5 Å². The van der Waals surface area contributed by atoms with E-state index in [1.165, 1.54) is 0 Å². The normalized spacial score (nSPS) is 33.7. The summed E-state index contributed by atoms with van der Waals surface area (Å²) in [6.45, 7) is 2.21. The maximum atomic E-state index is 14.5. The smallest absolute Gasteiger partial charge is 0.372 e. The van der Waals surface area contributed by atoms with Crippen molar-refractivity contribution in [1.82, 2.24) is 14.7 Å². The molecule has 2 amide bonds. The van der Waals surface area contributed by atoms with E-state index >= 15 is 0 Å². The van der Waals surface area contributed by atoms with E-state index in [1.807, 2.05) is 0 Å². The highest BCUT2D eigenvalue weighted by atomic mass is 35.5. The van der Waals surface area contributed by atoms with Crippen LogP contribution in [0.25, 0.3) is 0 Å². The zero-order valence-corrected chi connectivity index (χ0v) is 24.6. The third-order valence-corrected chi connectivity index (χ3v) is 10.9. The Kier molecular flexibility index (Phi) is 10.4. The molecule has 0 bridgehead atoms. The Labute approximate surface area is 240 Å². The van der Waals surface area contributed by atoms with E-state index in [0.29, 0.717) is 43.6 Å². The lowest BCUT2D eigenvalue weighted by atomic mass is 9.73. The van der Waals surface area contributed by atoms with Crippen LogP contribution in [0.5, 0.6) is 0 Å². The number of piperidine rings is 2. The van der Waals surface area contributed by atoms with Gasteiger partial charge in [-0.2, -0.15) is 13.2 Å². The highest BCUT2D eigenvalue weighted by molar-refractivity contribution is 6.22. The van der Waals surface area contributed by atoms with Crippen LogP contribution in [0, 0.1) is 23.7 Å². The summed E-state index contributed by atoms with van der Waals surface area (Å²) in [5.74, 6) is -2.41. The standard InChI is InChI=1S/C29H46ClF4N3O3/c1-35(2)26(38)22-9-7-21(8-10-24(22)30)36-15-11-19(12-16-36)20-13-17-37(18-14-20)27(39)28(40,29(32,33)34)23-5-3-4-6-25(23)31/h19-25,40H,3-18H2,1-2H3. The van der Waals surface area contributed by atoms with Gasteiger partial charge < -0.3 is 19.8 Å². The maximum absolute atomic E-state index is 14.5. The van der Waals surface area contributed by atoms with Gasteiger partial charge in [-0.05, 0) is 89.1 Å². The summed E-state index contributed by atoms with van der Waals surface area (Å²) in [6, 6.07) is 0.404. The van der Waals surface area contributed by atoms with Crippen LogP contribution < -0.4 is 0 Å². The molecule has 6 unspecified atom stereocenters. The number of hydrogen-bond donors (Lipinski definition) is 1. The predicted molar refractivity (Wildman–Crippen MR) is 146 cm³/mol. The van der Waals surface area contributed by atoms with Crippen molar-refractivity contribution in [3.8, 4) is 0 Å². The molecule has 6 nitrogen and oxygen atoms in total. The average Bonchev–Trinajstić information content (AvgIpc) is 3.13.